The van der Waals surface area contributed by atoms with Gasteiger partial charge in [0, 0.05) is 0 Å². The first kappa shape index (κ1) is 37.1. The Balaban J connectivity index is -0.000000192. The molecule has 169 valence electrons. The van der Waals surface area contributed by atoms with Crippen LogP contribution in [-0.4, -0.2) is 26.2 Å². The number of nitrogens with zero attached hydrogens (tertiary/aromatic N) is 2. The average molecular weight is 593 g/mol. The van der Waals surface area contributed by atoms with E-state index < -0.39 is 0 Å². The Bertz CT molecular complexity index is 177. The van der Waals surface area contributed by atoms with Crippen molar-refractivity contribution < 1.29 is 57.8 Å². The quantitative estimate of drug-likeness (QED) is 0.154. The largest absolute Gasteiger partial charge is 3.00 e. The van der Waals surface area contributed by atoms with E-state index in [1.54, 1.807) is 0 Å². The van der Waals surface area contributed by atoms with Gasteiger partial charge in [0.25, 0.3) is 0 Å². The van der Waals surface area contributed by atoms with E-state index in [1.807, 2.05) is 0 Å². The standard InChI is InChI=1S/2C12H26N.BrH.Nd/c2*1-3-5-7-9-11-13-12-10-8-6-4-2;;/h2*3-12H2,1-2H3;1H;/q2*-1;;+3/p-1. The van der Waals surface area contributed by atoms with Crippen LogP contribution in [0.5, 0.6) is 0 Å². The summed E-state index contributed by atoms with van der Waals surface area (Å²) in [7, 11) is 0. The van der Waals surface area contributed by atoms with Crippen molar-refractivity contribution in [1.29, 1.82) is 0 Å². The number of halogens is 1. The summed E-state index contributed by atoms with van der Waals surface area (Å²) in [5.74, 6) is 0. The van der Waals surface area contributed by atoms with Crippen LogP contribution in [0.1, 0.15) is 130 Å². The summed E-state index contributed by atoms with van der Waals surface area (Å²) in [6.45, 7) is 13.4. The summed E-state index contributed by atoms with van der Waals surface area (Å²) in [6.07, 6.45) is 21.5. The molecule has 0 spiro atoms. The van der Waals surface area contributed by atoms with Gasteiger partial charge in [-0.25, -0.2) is 0 Å². The van der Waals surface area contributed by atoms with E-state index in [-0.39, 0.29) is 57.8 Å². The molecule has 0 aliphatic rings. The zero-order chi connectivity index (χ0) is 19.6. The Hall–Kier alpha value is 1.75. The van der Waals surface area contributed by atoms with Crippen LogP contribution in [0.15, 0.2) is 0 Å². The number of unbranched alkanes of at least 4 members (excludes halogenated alkanes) is 12. The van der Waals surface area contributed by atoms with Crippen molar-refractivity contribution in [3.8, 4) is 0 Å². The Morgan fingerprint density at radius 1 is 0.357 bits per heavy atom. The molecule has 0 atom stereocenters. The molecule has 0 N–H and O–H groups in total. The first-order chi connectivity index (χ1) is 12.8. The maximum absolute atomic E-state index is 4.51. The molecule has 28 heavy (non-hydrogen) atoms. The Morgan fingerprint density at radius 3 is 0.750 bits per heavy atom. The van der Waals surface area contributed by atoms with Crippen LogP contribution in [-0.2, 0) is 0 Å². The van der Waals surface area contributed by atoms with Gasteiger partial charge in [-0.3, -0.25) is 0 Å². The first-order valence-corrected chi connectivity index (χ1v) is 12.1. The fourth-order valence-corrected chi connectivity index (χ4v) is 2.83. The number of hydrogen-bond donors (Lipinski definition) is 0. The molecule has 0 aromatic rings. The molecule has 0 saturated heterocycles. The minimum atomic E-state index is 0. The van der Waals surface area contributed by atoms with Gasteiger partial charge in [0.15, 0.2) is 0 Å². The molecule has 0 bridgehead atoms. The molecule has 0 amide bonds. The van der Waals surface area contributed by atoms with E-state index in [9.17, 15) is 0 Å². The monoisotopic (exact) mass is 589 g/mol. The molecular weight excluding hydrogens is 540 g/mol. The van der Waals surface area contributed by atoms with Crippen molar-refractivity contribution in [2.24, 2.45) is 0 Å². The molecule has 2 nitrogen and oxygen atoms in total. The third kappa shape index (κ3) is 42.0. The van der Waals surface area contributed by atoms with Crippen molar-refractivity contribution in [3.63, 3.8) is 0 Å². The molecule has 0 aliphatic carbocycles. The smallest absolute Gasteiger partial charge is 1.00 e. The van der Waals surface area contributed by atoms with Crippen molar-refractivity contribution in [1.82, 2.24) is 0 Å². The van der Waals surface area contributed by atoms with Crippen molar-refractivity contribution in [2.45, 2.75) is 130 Å². The molecular formula is C24H52BrN2Nd. The summed E-state index contributed by atoms with van der Waals surface area (Å²) in [5.41, 5.74) is 0. The van der Waals surface area contributed by atoms with E-state index in [0.717, 1.165) is 26.2 Å². The summed E-state index contributed by atoms with van der Waals surface area (Å²) >= 11 is 0. The van der Waals surface area contributed by atoms with Crippen LogP contribution in [0.3, 0.4) is 0 Å². The van der Waals surface area contributed by atoms with Crippen LogP contribution in [0, 0.1) is 40.8 Å². The second kappa shape index (κ2) is 39.3. The molecule has 0 aromatic carbocycles. The van der Waals surface area contributed by atoms with E-state index in [1.165, 1.54) is 103 Å². The second-order valence-corrected chi connectivity index (χ2v) is 7.58. The van der Waals surface area contributed by atoms with Crippen LogP contribution in [0.25, 0.3) is 10.6 Å². The molecule has 4 heteroatoms. The minimum absolute atomic E-state index is 0. The summed E-state index contributed by atoms with van der Waals surface area (Å²) in [5, 5.41) is 9.03. The summed E-state index contributed by atoms with van der Waals surface area (Å²) in [6, 6.07) is 0. The molecule has 0 rings (SSSR count). The van der Waals surface area contributed by atoms with E-state index in [0.29, 0.717) is 0 Å². The zero-order valence-electron chi connectivity index (χ0n) is 19.9. The molecule has 0 fully saturated rings. The van der Waals surface area contributed by atoms with Gasteiger partial charge in [-0.2, -0.15) is 0 Å². The summed E-state index contributed by atoms with van der Waals surface area (Å²) < 4.78 is 0. The van der Waals surface area contributed by atoms with E-state index >= 15 is 0 Å². The topological polar surface area (TPSA) is 28.2 Å². The molecule has 0 aliphatic heterocycles. The van der Waals surface area contributed by atoms with Gasteiger partial charge in [-0.15, -0.1) is 26.2 Å². The fraction of sp³-hybridized carbons (Fsp3) is 1.00. The number of rotatable bonds is 20. The summed E-state index contributed by atoms with van der Waals surface area (Å²) in [4.78, 5) is 0. The van der Waals surface area contributed by atoms with Crippen LogP contribution >= 0.6 is 0 Å². The third-order valence-electron chi connectivity index (χ3n) is 4.68. The molecule has 0 unspecified atom stereocenters. The number of hydrogen-bond acceptors (Lipinski definition) is 0. The van der Waals surface area contributed by atoms with Gasteiger partial charge in [0.05, 0.1) is 0 Å². The van der Waals surface area contributed by atoms with Crippen LogP contribution in [0.4, 0.5) is 0 Å². The Morgan fingerprint density at radius 2 is 0.571 bits per heavy atom. The van der Waals surface area contributed by atoms with Gasteiger partial charge >= 0.3 is 40.8 Å². The average Bonchev–Trinajstić information content (AvgIpc) is 2.66. The predicted molar refractivity (Wildman–Crippen MR) is 123 cm³/mol. The predicted octanol–water partition coefficient (Wildman–Crippen LogP) is 6.05. The Labute approximate surface area is 223 Å². The molecule has 0 heterocycles. The zero-order valence-corrected chi connectivity index (χ0v) is 24.7. The maximum atomic E-state index is 4.51. The minimum Gasteiger partial charge on any atom is -1.00 e. The van der Waals surface area contributed by atoms with Gasteiger partial charge in [-0.1, -0.05) is 130 Å². The van der Waals surface area contributed by atoms with Gasteiger partial charge in [-0.05, 0) is 0 Å². The van der Waals surface area contributed by atoms with E-state index in [4.69, 9.17) is 0 Å². The SMILES string of the molecule is CCCCCC[N-]CCCCCC.CCCCCC[N-]CCCCCC.[Br-].[Nd+3]. The van der Waals surface area contributed by atoms with Gasteiger partial charge in [0.1, 0.15) is 0 Å². The Kier molecular flexibility index (Phi) is 52.0. The first-order valence-electron chi connectivity index (χ1n) is 12.1. The molecule has 1 radical (unpaired) electrons. The van der Waals surface area contributed by atoms with E-state index in [2.05, 4.69) is 38.3 Å². The van der Waals surface area contributed by atoms with Crippen LogP contribution in [0.2, 0.25) is 0 Å². The third-order valence-corrected chi connectivity index (χ3v) is 4.68. The second-order valence-electron chi connectivity index (χ2n) is 7.58. The van der Waals surface area contributed by atoms with Gasteiger partial charge in [0.2, 0.25) is 0 Å². The fourth-order valence-electron chi connectivity index (χ4n) is 2.83. The van der Waals surface area contributed by atoms with Crippen molar-refractivity contribution >= 4 is 0 Å². The molecule has 0 saturated carbocycles. The maximum Gasteiger partial charge on any atom is 3.00 e. The van der Waals surface area contributed by atoms with Crippen molar-refractivity contribution in [2.75, 3.05) is 26.2 Å². The van der Waals surface area contributed by atoms with Gasteiger partial charge < -0.3 is 27.6 Å². The van der Waals surface area contributed by atoms with Crippen LogP contribution < -0.4 is 17.0 Å². The molecule has 0 aromatic heterocycles. The normalized spacial score (nSPS) is 9.86. The van der Waals surface area contributed by atoms with Crippen molar-refractivity contribution in [3.05, 3.63) is 10.6 Å².